The molecule has 3 aromatic carbocycles. The van der Waals surface area contributed by atoms with E-state index in [1.54, 1.807) is 31.4 Å². The number of aromatic nitrogens is 1. The SMILES string of the molecule is COC(=O)C1(c2cccc(CCCC(=O)Nc3cc(OC)c(CNC[C@H](O)c4ccc(O)c5[nH]c(=O)ccc45)cc3Cl)c2)CCCCC1C12CCN(CC1)CC2. The molecule has 3 aliphatic heterocycles. The molecule has 8 rings (SSSR count). The molecule has 11 nitrogen and oxygen atoms in total. The van der Waals surface area contributed by atoms with Gasteiger partial charge in [0, 0.05) is 42.6 Å². The van der Waals surface area contributed by atoms with Crippen LogP contribution in [0.3, 0.4) is 0 Å². The van der Waals surface area contributed by atoms with Gasteiger partial charge in [0.05, 0.1) is 42.0 Å². The number of carbonyl (C=O) groups is 2. The first-order valence-corrected chi connectivity index (χ1v) is 20.2. The number of halogens is 1. The number of phenolic OH excluding ortho intramolecular Hbond substituents is 1. The van der Waals surface area contributed by atoms with Crippen molar-refractivity contribution in [2.24, 2.45) is 11.3 Å². The van der Waals surface area contributed by atoms with Gasteiger partial charge in [0.2, 0.25) is 11.5 Å². The van der Waals surface area contributed by atoms with Crippen molar-refractivity contribution in [1.29, 1.82) is 0 Å². The standard InChI is InChI=1S/C44H53ClN4O7/c1-55-37-25-34(33(45)24-29(37)26-46-27-36(51)31-12-14-35(50)41-32(31)13-15-40(53)48-41)47-39(52)11-6-8-28-7-5-9-30(23-28)44(42(54)56-2)16-4-3-10-38(44)43-17-20-49(21-18-43)22-19-43/h5,7,9,12-15,23-25,36,38,46,50-51H,3-4,6,8,10-11,16-22,26-27H2,1-2H3,(H,47,52)(H,48,53)/t36-,38?,44?/m0/s1. The average molecular weight is 785 g/mol. The number of hydrogen-bond donors (Lipinski definition) is 5. The van der Waals surface area contributed by atoms with E-state index in [9.17, 15) is 24.6 Å². The first kappa shape index (κ1) is 39.8. The number of nitrogens with one attached hydrogen (secondary N) is 3. The largest absolute Gasteiger partial charge is 0.506 e. The van der Waals surface area contributed by atoms with Crippen molar-refractivity contribution in [2.45, 2.75) is 82.3 Å². The number of aliphatic hydroxyl groups is 1. The third kappa shape index (κ3) is 7.92. The molecule has 5 N–H and O–H groups in total. The molecule has 1 amide bonds. The predicted molar refractivity (Wildman–Crippen MR) is 217 cm³/mol. The molecule has 3 saturated heterocycles. The lowest BCUT2D eigenvalue weighted by Crippen LogP contribution is -2.59. The minimum Gasteiger partial charge on any atom is -0.506 e. The number of hydrogen-bond acceptors (Lipinski definition) is 9. The lowest BCUT2D eigenvalue weighted by molar-refractivity contribution is -0.159. The van der Waals surface area contributed by atoms with E-state index in [-0.39, 0.29) is 53.0 Å². The summed E-state index contributed by atoms with van der Waals surface area (Å²) in [5, 5.41) is 28.2. The molecule has 56 heavy (non-hydrogen) atoms. The Kier molecular flexibility index (Phi) is 12.1. The molecule has 298 valence electrons. The van der Waals surface area contributed by atoms with E-state index in [1.807, 2.05) is 0 Å². The molecule has 1 saturated carbocycles. The number of esters is 1. The van der Waals surface area contributed by atoms with Crippen molar-refractivity contribution in [3.05, 3.63) is 98.3 Å². The Balaban J connectivity index is 0.967. The lowest BCUT2D eigenvalue weighted by atomic mass is 9.49. The number of ether oxygens (including phenoxy) is 2. The number of anilines is 1. The van der Waals surface area contributed by atoms with Crippen molar-refractivity contribution >= 4 is 40.1 Å². The highest BCUT2D eigenvalue weighted by Crippen LogP contribution is 2.58. The number of fused-ring (bicyclic) bond motifs is 4. The van der Waals surface area contributed by atoms with Gasteiger partial charge in [-0.05, 0) is 111 Å². The van der Waals surface area contributed by atoms with Gasteiger partial charge in [-0.1, -0.05) is 54.8 Å². The average Bonchev–Trinajstić information content (AvgIpc) is 3.22. The molecular formula is C44H53ClN4O7. The molecule has 0 spiro atoms. The van der Waals surface area contributed by atoms with Crippen LogP contribution in [0.2, 0.25) is 5.02 Å². The van der Waals surface area contributed by atoms with Crippen molar-refractivity contribution in [3.8, 4) is 11.5 Å². The Morgan fingerprint density at radius 3 is 2.55 bits per heavy atom. The highest BCUT2D eigenvalue weighted by atomic mass is 35.5. The first-order valence-electron chi connectivity index (χ1n) is 19.9. The van der Waals surface area contributed by atoms with Gasteiger partial charge in [-0.25, -0.2) is 0 Å². The van der Waals surface area contributed by atoms with Crippen LogP contribution in [0.25, 0.3) is 10.9 Å². The quantitative estimate of drug-likeness (QED) is 0.0873. The number of benzene rings is 3. The molecule has 4 fully saturated rings. The van der Waals surface area contributed by atoms with E-state index in [2.05, 4.69) is 44.8 Å². The summed E-state index contributed by atoms with van der Waals surface area (Å²) in [6, 6.07) is 17.9. The fourth-order valence-electron chi connectivity index (χ4n) is 9.96. The maximum atomic E-state index is 14.0. The number of nitrogens with zero attached hydrogens (tertiary/aromatic N) is 1. The summed E-state index contributed by atoms with van der Waals surface area (Å²) in [5.74, 6) is 0.443. The molecular weight excluding hydrogens is 732 g/mol. The zero-order valence-corrected chi connectivity index (χ0v) is 33.1. The smallest absolute Gasteiger partial charge is 0.316 e. The number of aromatic amines is 1. The number of aliphatic hydroxyl groups excluding tert-OH is 1. The Morgan fingerprint density at radius 2 is 1.80 bits per heavy atom. The van der Waals surface area contributed by atoms with Crippen LogP contribution in [0.1, 0.15) is 86.1 Å². The number of rotatable bonds is 14. The number of methoxy groups -OCH3 is 2. The Bertz CT molecular complexity index is 2120. The van der Waals surface area contributed by atoms with Gasteiger partial charge in [0.1, 0.15) is 11.5 Å². The van der Waals surface area contributed by atoms with Crippen LogP contribution in [-0.4, -0.2) is 72.4 Å². The molecule has 2 bridgehead atoms. The van der Waals surface area contributed by atoms with Crippen molar-refractivity contribution in [3.63, 3.8) is 0 Å². The molecule has 4 aromatic rings. The second-order valence-electron chi connectivity index (χ2n) is 15.9. The van der Waals surface area contributed by atoms with Crippen LogP contribution in [0.5, 0.6) is 11.5 Å². The Labute approximate surface area is 332 Å². The van der Waals surface area contributed by atoms with Crippen LogP contribution in [0, 0.1) is 11.3 Å². The van der Waals surface area contributed by atoms with Gasteiger partial charge in [-0.2, -0.15) is 0 Å². The molecule has 1 aliphatic carbocycles. The van der Waals surface area contributed by atoms with E-state index in [4.69, 9.17) is 21.1 Å². The number of pyridine rings is 1. The monoisotopic (exact) mass is 784 g/mol. The molecule has 1 aromatic heterocycles. The number of aromatic hydroxyl groups is 1. The zero-order valence-electron chi connectivity index (χ0n) is 32.3. The number of amides is 1. The van der Waals surface area contributed by atoms with Crippen LogP contribution in [0.15, 0.2) is 65.5 Å². The van der Waals surface area contributed by atoms with E-state index < -0.39 is 11.5 Å². The van der Waals surface area contributed by atoms with Gasteiger partial charge >= 0.3 is 5.97 Å². The summed E-state index contributed by atoms with van der Waals surface area (Å²) in [6.45, 7) is 3.84. The van der Waals surface area contributed by atoms with Crippen LogP contribution >= 0.6 is 11.6 Å². The van der Waals surface area contributed by atoms with Crippen LogP contribution in [-0.2, 0) is 32.7 Å². The molecule has 2 unspecified atom stereocenters. The predicted octanol–water partition coefficient (Wildman–Crippen LogP) is 6.77. The first-order chi connectivity index (χ1) is 27.1. The van der Waals surface area contributed by atoms with Crippen molar-refractivity contribution in [1.82, 2.24) is 15.2 Å². The van der Waals surface area contributed by atoms with Gasteiger partial charge in [-0.15, -0.1) is 0 Å². The maximum absolute atomic E-state index is 14.0. The zero-order chi connectivity index (χ0) is 39.5. The number of phenols is 1. The molecule has 4 aliphatic rings. The Morgan fingerprint density at radius 1 is 1.02 bits per heavy atom. The summed E-state index contributed by atoms with van der Waals surface area (Å²) >= 11 is 6.65. The normalized spacial score (nSPS) is 23.8. The fraction of sp³-hybridized carbons (Fsp3) is 0.477. The maximum Gasteiger partial charge on any atom is 0.316 e. The number of aryl methyl sites for hydroxylation is 1. The second-order valence-corrected chi connectivity index (χ2v) is 16.3. The summed E-state index contributed by atoms with van der Waals surface area (Å²) in [7, 11) is 3.08. The Hall–Kier alpha value is -4.42. The van der Waals surface area contributed by atoms with Crippen LogP contribution in [0.4, 0.5) is 5.69 Å². The van der Waals surface area contributed by atoms with Crippen molar-refractivity contribution in [2.75, 3.05) is 45.7 Å². The third-order valence-corrected chi connectivity index (χ3v) is 13.2. The second kappa shape index (κ2) is 17.0. The van der Waals surface area contributed by atoms with Gasteiger partial charge < -0.3 is 40.2 Å². The summed E-state index contributed by atoms with van der Waals surface area (Å²) in [5.41, 5.74) is 3.35. The van der Waals surface area contributed by atoms with E-state index in [0.29, 0.717) is 46.8 Å². The number of carbonyl (C=O) groups excluding carboxylic acids is 2. The minimum absolute atomic E-state index is 0.0738. The van der Waals surface area contributed by atoms with Gasteiger partial charge in [0.25, 0.3) is 0 Å². The van der Waals surface area contributed by atoms with Gasteiger partial charge in [0.15, 0.2) is 0 Å². The summed E-state index contributed by atoms with van der Waals surface area (Å²) < 4.78 is 11.3. The third-order valence-electron chi connectivity index (χ3n) is 12.8. The van der Waals surface area contributed by atoms with Crippen LogP contribution < -0.4 is 20.9 Å². The van der Waals surface area contributed by atoms with Crippen molar-refractivity contribution < 1.29 is 29.3 Å². The van der Waals surface area contributed by atoms with E-state index >= 15 is 0 Å². The summed E-state index contributed by atoms with van der Waals surface area (Å²) in [6.07, 6.45) is 8.13. The minimum atomic E-state index is -0.931. The number of piperidine rings is 3. The van der Waals surface area contributed by atoms with E-state index in [1.165, 1.54) is 19.2 Å². The number of H-pyrrole nitrogens is 1. The molecule has 4 heterocycles. The van der Waals surface area contributed by atoms with Gasteiger partial charge in [-0.3, -0.25) is 14.4 Å². The summed E-state index contributed by atoms with van der Waals surface area (Å²) in [4.78, 5) is 44.1. The topological polar surface area (TPSA) is 153 Å². The highest BCUT2D eigenvalue weighted by molar-refractivity contribution is 6.33. The molecule has 12 heteroatoms. The lowest BCUT2D eigenvalue weighted by Gasteiger charge is -2.58. The fourth-order valence-corrected chi connectivity index (χ4v) is 10.2. The molecule has 0 radical (unpaired) electrons. The highest BCUT2D eigenvalue weighted by Gasteiger charge is 2.58. The van der Waals surface area contributed by atoms with E-state index in [0.717, 1.165) is 81.3 Å². The molecule has 3 atom stereocenters.